The lowest BCUT2D eigenvalue weighted by molar-refractivity contribution is -0.144. The molecule has 0 bridgehead atoms. The molecule has 0 atom stereocenters. The molecule has 2 aromatic rings. The summed E-state index contributed by atoms with van der Waals surface area (Å²) < 4.78 is 44.8. The number of benzene rings is 1. The van der Waals surface area contributed by atoms with Crippen LogP contribution in [0.15, 0.2) is 30.3 Å². The highest BCUT2D eigenvalue weighted by Gasteiger charge is 2.36. The monoisotopic (exact) mass is 337 g/mol. The number of halogens is 3. The third kappa shape index (κ3) is 3.60. The fourth-order valence-corrected chi connectivity index (χ4v) is 2.71. The van der Waals surface area contributed by atoms with Crippen molar-refractivity contribution in [3.05, 3.63) is 36.2 Å². The maximum Gasteiger partial charge on any atom is 0.451 e. The Morgan fingerprint density at radius 2 is 1.75 bits per heavy atom. The quantitative estimate of drug-likeness (QED) is 0.840. The van der Waals surface area contributed by atoms with Gasteiger partial charge in [-0.1, -0.05) is 0 Å². The van der Waals surface area contributed by atoms with Gasteiger partial charge in [0.05, 0.1) is 12.3 Å². The van der Waals surface area contributed by atoms with Crippen molar-refractivity contribution in [3.8, 4) is 17.0 Å². The van der Waals surface area contributed by atoms with Crippen molar-refractivity contribution in [1.29, 1.82) is 0 Å². The predicted octanol–water partition coefficient (Wildman–Crippen LogP) is 4.16. The molecule has 128 valence electrons. The molecule has 3 rings (SSSR count). The van der Waals surface area contributed by atoms with E-state index in [-0.39, 0.29) is 5.69 Å². The predicted molar refractivity (Wildman–Crippen MR) is 85.1 cm³/mol. The third-order valence-corrected chi connectivity index (χ3v) is 3.86. The highest BCUT2D eigenvalue weighted by atomic mass is 19.4. The van der Waals surface area contributed by atoms with Crippen molar-refractivity contribution < 1.29 is 17.9 Å². The lowest BCUT2D eigenvalue weighted by atomic mass is 10.1. The van der Waals surface area contributed by atoms with Gasteiger partial charge in [0.2, 0.25) is 5.82 Å². The Labute approximate surface area is 138 Å². The topological polar surface area (TPSA) is 38.2 Å². The number of anilines is 1. The van der Waals surface area contributed by atoms with Crippen LogP contribution in [0.1, 0.15) is 25.6 Å². The normalized spacial score (nSPS) is 14.9. The van der Waals surface area contributed by atoms with Gasteiger partial charge in [-0.2, -0.15) is 13.2 Å². The Hall–Kier alpha value is -2.31. The molecule has 0 N–H and O–H groups in total. The standard InChI is InChI=1S/C17H18F3N3O/c1-2-24-13-7-5-12(6-8-13)14-11-15(23-9-3-4-10-23)22-16(21-14)17(18,19)20/h5-8,11H,2-4,9-10H2,1H3. The van der Waals surface area contributed by atoms with Crippen molar-refractivity contribution >= 4 is 5.82 Å². The van der Waals surface area contributed by atoms with Crippen LogP contribution in [0.3, 0.4) is 0 Å². The summed E-state index contributed by atoms with van der Waals surface area (Å²) in [6.07, 6.45) is -2.65. The van der Waals surface area contributed by atoms with Crippen molar-refractivity contribution in [2.24, 2.45) is 0 Å². The molecular weight excluding hydrogens is 319 g/mol. The molecule has 0 unspecified atom stereocenters. The van der Waals surface area contributed by atoms with Crippen molar-refractivity contribution in [1.82, 2.24) is 9.97 Å². The molecule has 4 nitrogen and oxygen atoms in total. The highest BCUT2D eigenvalue weighted by Crippen LogP contribution is 2.32. The van der Waals surface area contributed by atoms with E-state index >= 15 is 0 Å². The Balaban J connectivity index is 2.00. The summed E-state index contributed by atoms with van der Waals surface area (Å²) in [6, 6.07) is 8.49. The van der Waals surface area contributed by atoms with Gasteiger partial charge >= 0.3 is 6.18 Å². The van der Waals surface area contributed by atoms with Crippen LogP contribution in [0.5, 0.6) is 5.75 Å². The maximum atomic E-state index is 13.2. The summed E-state index contributed by atoms with van der Waals surface area (Å²) in [4.78, 5) is 9.31. The molecule has 0 aliphatic carbocycles. The van der Waals surface area contributed by atoms with Crippen LogP contribution < -0.4 is 9.64 Å². The van der Waals surface area contributed by atoms with E-state index in [9.17, 15) is 13.2 Å². The van der Waals surface area contributed by atoms with Crippen LogP contribution in [0.4, 0.5) is 19.0 Å². The van der Waals surface area contributed by atoms with Gasteiger partial charge in [0, 0.05) is 24.7 Å². The van der Waals surface area contributed by atoms with Crippen molar-refractivity contribution in [2.45, 2.75) is 25.9 Å². The fourth-order valence-electron chi connectivity index (χ4n) is 2.71. The number of hydrogen-bond acceptors (Lipinski definition) is 4. The zero-order chi connectivity index (χ0) is 17.2. The van der Waals surface area contributed by atoms with Crippen LogP contribution in [0.2, 0.25) is 0 Å². The Bertz CT molecular complexity index is 695. The van der Waals surface area contributed by atoms with E-state index < -0.39 is 12.0 Å². The lowest BCUT2D eigenvalue weighted by Gasteiger charge is -2.18. The summed E-state index contributed by atoms with van der Waals surface area (Å²) in [5.74, 6) is -0.0967. The minimum absolute atomic E-state index is 0.266. The van der Waals surface area contributed by atoms with Gasteiger partial charge in [-0.25, -0.2) is 9.97 Å². The summed E-state index contributed by atoms with van der Waals surface area (Å²) in [5, 5.41) is 0. The van der Waals surface area contributed by atoms with Crippen LogP contribution in [-0.2, 0) is 6.18 Å². The molecule has 1 aromatic carbocycles. The number of hydrogen-bond donors (Lipinski definition) is 0. The second kappa shape index (κ2) is 6.67. The molecule has 1 aromatic heterocycles. The van der Waals surface area contributed by atoms with E-state index in [1.165, 1.54) is 0 Å². The van der Waals surface area contributed by atoms with E-state index in [2.05, 4.69) is 9.97 Å². The van der Waals surface area contributed by atoms with E-state index in [1.54, 1.807) is 30.3 Å². The first kappa shape index (κ1) is 16.5. The van der Waals surface area contributed by atoms with Gasteiger partial charge in [-0.3, -0.25) is 0 Å². The van der Waals surface area contributed by atoms with E-state index in [1.807, 2.05) is 11.8 Å². The van der Waals surface area contributed by atoms with Gasteiger partial charge in [0.25, 0.3) is 0 Å². The average Bonchev–Trinajstić information content (AvgIpc) is 3.09. The van der Waals surface area contributed by atoms with Crippen molar-refractivity contribution in [2.75, 3.05) is 24.6 Å². The van der Waals surface area contributed by atoms with Crippen LogP contribution in [0, 0.1) is 0 Å². The first-order valence-corrected chi connectivity index (χ1v) is 7.92. The molecule has 24 heavy (non-hydrogen) atoms. The zero-order valence-electron chi connectivity index (χ0n) is 13.3. The molecule has 0 amide bonds. The van der Waals surface area contributed by atoms with Gasteiger partial charge in [-0.15, -0.1) is 0 Å². The van der Waals surface area contributed by atoms with E-state index in [4.69, 9.17) is 4.74 Å². The number of alkyl halides is 3. The van der Waals surface area contributed by atoms with E-state index in [0.717, 1.165) is 25.9 Å². The number of rotatable bonds is 4. The van der Waals surface area contributed by atoms with Crippen molar-refractivity contribution in [3.63, 3.8) is 0 Å². The molecule has 1 saturated heterocycles. The second-order valence-electron chi connectivity index (χ2n) is 5.58. The molecular formula is C17H18F3N3O. The molecule has 2 heterocycles. The Morgan fingerprint density at radius 1 is 1.08 bits per heavy atom. The molecule has 0 radical (unpaired) electrons. The fraction of sp³-hybridized carbons (Fsp3) is 0.412. The van der Waals surface area contributed by atoms with Crippen LogP contribution >= 0.6 is 0 Å². The second-order valence-corrected chi connectivity index (χ2v) is 5.58. The summed E-state index contributed by atoms with van der Waals surface area (Å²) in [6.45, 7) is 3.84. The highest BCUT2D eigenvalue weighted by molar-refractivity contribution is 5.64. The van der Waals surface area contributed by atoms with Gasteiger partial charge in [0.1, 0.15) is 11.6 Å². The molecule has 1 aliphatic heterocycles. The van der Waals surface area contributed by atoms with E-state index in [0.29, 0.717) is 23.7 Å². The first-order chi connectivity index (χ1) is 11.5. The number of aromatic nitrogens is 2. The summed E-state index contributed by atoms with van der Waals surface area (Å²) in [7, 11) is 0. The van der Waals surface area contributed by atoms with Gasteiger partial charge < -0.3 is 9.64 Å². The smallest absolute Gasteiger partial charge is 0.451 e. The Kier molecular flexibility index (Phi) is 4.59. The largest absolute Gasteiger partial charge is 0.494 e. The number of ether oxygens (including phenoxy) is 1. The number of nitrogens with zero attached hydrogens (tertiary/aromatic N) is 3. The Morgan fingerprint density at radius 3 is 2.33 bits per heavy atom. The van der Waals surface area contributed by atoms with Gasteiger partial charge in [0.15, 0.2) is 0 Å². The molecule has 0 saturated carbocycles. The van der Waals surface area contributed by atoms with Crippen LogP contribution in [-0.4, -0.2) is 29.7 Å². The minimum Gasteiger partial charge on any atom is -0.494 e. The first-order valence-electron chi connectivity index (χ1n) is 7.92. The molecule has 0 spiro atoms. The summed E-state index contributed by atoms with van der Waals surface area (Å²) >= 11 is 0. The average molecular weight is 337 g/mol. The SMILES string of the molecule is CCOc1ccc(-c2cc(N3CCCC3)nc(C(F)(F)F)n2)cc1. The van der Waals surface area contributed by atoms with Gasteiger partial charge in [-0.05, 0) is 44.0 Å². The zero-order valence-corrected chi connectivity index (χ0v) is 13.3. The van der Waals surface area contributed by atoms with Crippen LogP contribution in [0.25, 0.3) is 11.3 Å². The molecule has 7 heteroatoms. The summed E-state index contributed by atoms with van der Waals surface area (Å²) in [5.41, 5.74) is 0.870. The molecule has 1 aliphatic rings. The lowest BCUT2D eigenvalue weighted by Crippen LogP contribution is -2.22. The minimum atomic E-state index is -4.57. The molecule has 1 fully saturated rings. The maximum absolute atomic E-state index is 13.2. The third-order valence-electron chi connectivity index (χ3n) is 3.86.